The first kappa shape index (κ1) is 24.4. The third-order valence-corrected chi connectivity index (χ3v) is 10.3. The molecule has 190 valence electrons. The molecule has 0 atom stereocenters. The van der Waals surface area contributed by atoms with Gasteiger partial charge in [0.1, 0.15) is 6.54 Å². The van der Waals surface area contributed by atoms with Crippen LogP contribution in [0, 0.1) is 23.2 Å². The van der Waals surface area contributed by atoms with Crippen molar-refractivity contribution in [3.8, 4) is 0 Å². The first-order valence-electron chi connectivity index (χ1n) is 12.8. The largest absolute Gasteiger partial charge is 0.456 e. The van der Waals surface area contributed by atoms with Gasteiger partial charge < -0.3 is 10.1 Å². The molecule has 5 aliphatic rings. The lowest BCUT2D eigenvalue weighted by atomic mass is 9.49. The summed E-state index contributed by atoms with van der Waals surface area (Å²) < 4.78 is 32.1. The summed E-state index contributed by atoms with van der Waals surface area (Å²) in [6.07, 6.45) is 9.20. The van der Waals surface area contributed by atoms with Gasteiger partial charge in [-0.2, -0.15) is 4.31 Å². The Hall–Kier alpha value is -2.26. The van der Waals surface area contributed by atoms with Crippen molar-refractivity contribution in [2.24, 2.45) is 23.2 Å². The van der Waals surface area contributed by atoms with Crippen LogP contribution in [0.4, 0.5) is 0 Å². The number of ketones is 1. The molecule has 0 unspecified atom stereocenters. The van der Waals surface area contributed by atoms with E-state index in [9.17, 15) is 22.8 Å². The van der Waals surface area contributed by atoms with Gasteiger partial charge >= 0.3 is 5.97 Å². The summed E-state index contributed by atoms with van der Waals surface area (Å²) in [5.41, 5.74) is -0.0609. The van der Waals surface area contributed by atoms with E-state index in [1.54, 1.807) is 0 Å². The maximum absolute atomic E-state index is 12.9. The second-order valence-corrected chi connectivity index (χ2v) is 12.9. The minimum absolute atomic E-state index is 0.0506. The number of rotatable bonds is 8. The number of piperidine rings is 1. The second-order valence-electron chi connectivity index (χ2n) is 11.0. The molecule has 8 nitrogen and oxygen atoms in total. The van der Waals surface area contributed by atoms with Gasteiger partial charge in [-0.05, 0) is 93.4 Å². The van der Waals surface area contributed by atoms with Crippen molar-refractivity contribution in [3.63, 3.8) is 0 Å². The molecule has 6 rings (SSSR count). The van der Waals surface area contributed by atoms with Gasteiger partial charge in [0, 0.05) is 24.1 Å². The number of sulfonamides is 1. The molecule has 1 saturated heterocycles. The lowest BCUT2D eigenvalue weighted by Crippen LogP contribution is -2.54. The lowest BCUT2D eigenvalue weighted by molar-refractivity contribution is -0.150. The Kier molecular flexibility index (Phi) is 6.74. The monoisotopic (exact) mass is 502 g/mol. The average molecular weight is 503 g/mol. The fourth-order valence-electron chi connectivity index (χ4n) is 7.08. The molecule has 0 aromatic heterocycles. The van der Waals surface area contributed by atoms with E-state index in [0.717, 1.165) is 38.5 Å². The Balaban J connectivity index is 1.09. The van der Waals surface area contributed by atoms with Gasteiger partial charge in [0.25, 0.3) is 0 Å². The van der Waals surface area contributed by atoms with Crippen molar-refractivity contribution < 1.29 is 27.5 Å². The molecule has 1 aromatic carbocycles. The Morgan fingerprint density at radius 1 is 0.914 bits per heavy atom. The summed E-state index contributed by atoms with van der Waals surface area (Å²) in [5.74, 6) is 0.784. The van der Waals surface area contributed by atoms with Crippen LogP contribution in [0.3, 0.4) is 0 Å². The Morgan fingerprint density at radius 2 is 1.49 bits per heavy atom. The van der Waals surface area contributed by atoms with Gasteiger partial charge in [-0.15, -0.1) is 0 Å². The molecular formula is C26H34N2O6S. The predicted octanol–water partition coefficient (Wildman–Crippen LogP) is 2.92. The van der Waals surface area contributed by atoms with Crippen LogP contribution in [0.2, 0.25) is 0 Å². The van der Waals surface area contributed by atoms with E-state index in [1.165, 1.54) is 47.8 Å². The number of hydrogen-bond donors (Lipinski definition) is 1. The number of amides is 1. The fourth-order valence-corrected chi connectivity index (χ4v) is 8.59. The molecule has 35 heavy (non-hydrogen) atoms. The molecule has 4 saturated carbocycles. The minimum atomic E-state index is -3.57. The standard InChI is InChI=1S/C26H34N2O6S/c29-23(21-4-6-22(7-5-21)35(32,33)28-8-2-1-3-9-28)17-34-24(30)16-27-25(31)26-13-18-10-19(14-26)12-20(11-18)15-26/h4-7,18-20H,1-3,8-17H2,(H,27,31). The van der Waals surface area contributed by atoms with Gasteiger partial charge in [0.05, 0.1) is 4.90 Å². The highest BCUT2D eigenvalue weighted by Crippen LogP contribution is 2.60. The molecular weight excluding hydrogens is 468 g/mol. The highest BCUT2D eigenvalue weighted by Gasteiger charge is 2.54. The van der Waals surface area contributed by atoms with Crippen LogP contribution in [-0.2, 0) is 24.3 Å². The maximum Gasteiger partial charge on any atom is 0.325 e. The number of hydrogen-bond acceptors (Lipinski definition) is 6. The summed E-state index contributed by atoms with van der Waals surface area (Å²) in [6, 6.07) is 5.74. The normalized spacial score (nSPS) is 30.1. The van der Waals surface area contributed by atoms with Gasteiger partial charge in [-0.3, -0.25) is 14.4 Å². The number of esters is 1. The first-order chi connectivity index (χ1) is 16.7. The summed E-state index contributed by atoms with van der Waals surface area (Å²) >= 11 is 0. The zero-order valence-corrected chi connectivity index (χ0v) is 20.9. The molecule has 1 aliphatic heterocycles. The summed E-state index contributed by atoms with van der Waals surface area (Å²) in [6.45, 7) is 0.321. The number of nitrogens with zero attached hydrogens (tertiary/aromatic N) is 1. The number of carbonyl (C=O) groups is 3. The number of Topliss-reactive ketones (excluding diaryl/α,β-unsaturated/α-hetero) is 1. The molecule has 1 amide bonds. The molecule has 4 bridgehead atoms. The van der Waals surface area contributed by atoms with Crippen molar-refractivity contribution in [2.75, 3.05) is 26.2 Å². The van der Waals surface area contributed by atoms with Crippen LogP contribution >= 0.6 is 0 Å². The van der Waals surface area contributed by atoms with E-state index in [-0.39, 0.29) is 28.3 Å². The van der Waals surface area contributed by atoms with Gasteiger partial charge in [0.15, 0.2) is 12.4 Å². The van der Waals surface area contributed by atoms with Crippen molar-refractivity contribution in [1.29, 1.82) is 0 Å². The smallest absolute Gasteiger partial charge is 0.325 e. The van der Waals surface area contributed by atoms with Crippen LogP contribution in [0.25, 0.3) is 0 Å². The number of nitrogens with one attached hydrogen (secondary N) is 1. The van der Waals surface area contributed by atoms with E-state index >= 15 is 0 Å². The van der Waals surface area contributed by atoms with Crippen molar-refractivity contribution in [1.82, 2.24) is 9.62 Å². The van der Waals surface area contributed by atoms with E-state index < -0.39 is 28.4 Å². The number of benzene rings is 1. The quantitative estimate of drug-likeness (QED) is 0.432. The molecule has 1 heterocycles. The van der Waals surface area contributed by atoms with Crippen molar-refractivity contribution >= 4 is 27.7 Å². The Labute approximate surface area is 206 Å². The fraction of sp³-hybridized carbons (Fsp3) is 0.654. The second kappa shape index (κ2) is 9.65. The van der Waals surface area contributed by atoms with Gasteiger partial charge in [-0.25, -0.2) is 8.42 Å². The zero-order chi connectivity index (χ0) is 24.6. The molecule has 5 fully saturated rings. The maximum atomic E-state index is 12.9. The molecule has 1 N–H and O–H groups in total. The van der Waals surface area contributed by atoms with Crippen molar-refractivity contribution in [2.45, 2.75) is 62.7 Å². The predicted molar refractivity (Wildman–Crippen MR) is 128 cm³/mol. The highest BCUT2D eigenvalue weighted by molar-refractivity contribution is 7.89. The van der Waals surface area contributed by atoms with Gasteiger partial charge in [0.2, 0.25) is 15.9 Å². The number of ether oxygens (including phenoxy) is 1. The SMILES string of the molecule is O=C(CNC(=O)C12CC3CC(CC(C3)C1)C2)OCC(=O)c1ccc(S(=O)(=O)N2CCCCC2)cc1. The van der Waals surface area contributed by atoms with Crippen LogP contribution in [0.15, 0.2) is 29.2 Å². The molecule has 1 aromatic rings. The third kappa shape index (κ3) is 5.03. The average Bonchev–Trinajstić information content (AvgIpc) is 2.85. The summed E-state index contributed by atoms with van der Waals surface area (Å²) in [7, 11) is -3.57. The van der Waals surface area contributed by atoms with E-state index in [1.807, 2.05) is 0 Å². The third-order valence-electron chi connectivity index (χ3n) is 8.41. The minimum Gasteiger partial charge on any atom is -0.456 e. The van der Waals surface area contributed by atoms with Crippen molar-refractivity contribution in [3.05, 3.63) is 29.8 Å². The Morgan fingerprint density at radius 3 is 2.06 bits per heavy atom. The lowest BCUT2D eigenvalue weighted by Gasteiger charge is -2.55. The zero-order valence-electron chi connectivity index (χ0n) is 20.0. The highest BCUT2D eigenvalue weighted by atomic mass is 32.2. The van der Waals surface area contributed by atoms with E-state index in [0.29, 0.717) is 30.8 Å². The molecule has 0 radical (unpaired) electrons. The van der Waals surface area contributed by atoms with Crippen LogP contribution in [0.1, 0.15) is 68.1 Å². The topological polar surface area (TPSA) is 110 Å². The first-order valence-corrected chi connectivity index (χ1v) is 14.3. The van der Waals surface area contributed by atoms with Crippen LogP contribution in [0.5, 0.6) is 0 Å². The Bertz CT molecular complexity index is 1060. The van der Waals surface area contributed by atoms with Gasteiger partial charge in [-0.1, -0.05) is 6.42 Å². The number of carbonyl (C=O) groups excluding carboxylic acids is 3. The molecule has 4 aliphatic carbocycles. The van der Waals surface area contributed by atoms with Crippen LogP contribution in [-0.4, -0.2) is 56.6 Å². The van der Waals surface area contributed by atoms with Crippen LogP contribution < -0.4 is 5.32 Å². The van der Waals surface area contributed by atoms with E-state index in [2.05, 4.69) is 5.32 Å². The summed E-state index contributed by atoms with van der Waals surface area (Å²) in [4.78, 5) is 37.8. The summed E-state index contributed by atoms with van der Waals surface area (Å²) in [5, 5.41) is 2.76. The molecule has 0 spiro atoms. The molecule has 9 heteroatoms. The van der Waals surface area contributed by atoms with E-state index in [4.69, 9.17) is 4.74 Å².